The van der Waals surface area contributed by atoms with Crippen LogP contribution in [0, 0.1) is 0 Å². The molecule has 4 N–H and O–H groups in total. The number of hydrogen-bond donors (Lipinski definition) is 4. The Kier molecular flexibility index (Phi) is 7.59. The normalized spacial score (nSPS) is 25.9. The lowest BCUT2D eigenvalue weighted by molar-refractivity contribution is -0.600. The molecule has 22 heavy (non-hydrogen) atoms. The van der Waals surface area contributed by atoms with Gasteiger partial charge in [0.15, 0.2) is 0 Å². The average Bonchev–Trinajstić information content (AvgIpc) is 2.51. The number of carbonyl (C=O) groups is 4. The molecule has 124 valence electrons. The molecular weight excluding hydrogens is 322 g/mol. The summed E-state index contributed by atoms with van der Waals surface area (Å²) in [6.45, 7) is -0.560. The van der Waals surface area contributed by atoms with Gasteiger partial charge >= 0.3 is 11.9 Å². The summed E-state index contributed by atoms with van der Waals surface area (Å²) in [5.41, 5.74) is 5.45. The van der Waals surface area contributed by atoms with Crippen molar-refractivity contribution in [2.45, 2.75) is 24.9 Å². The molecule has 11 nitrogen and oxygen atoms in total. The van der Waals surface area contributed by atoms with Gasteiger partial charge in [-0.1, -0.05) is 0 Å². The van der Waals surface area contributed by atoms with Gasteiger partial charge in [0.05, 0.1) is 0 Å². The van der Waals surface area contributed by atoms with E-state index < -0.39 is 42.4 Å². The van der Waals surface area contributed by atoms with Crippen molar-refractivity contribution in [3.63, 3.8) is 0 Å². The van der Waals surface area contributed by atoms with Crippen LogP contribution >= 0.6 is 12.6 Å². The summed E-state index contributed by atoms with van der Waals surface area (Å²) in [6, 6.07) is -2.13. The van der Waals surface area contributed by atoms with E-state index >= 15 is 0 Å². The number of thiol groups is 1. The third kappa shape index (κ3) is 6.26. The first kappa shape index (κ1) is 18.2. The molecule has 0 saturated carbocycles. The molecule has 1 aliphatic heterocycles. The third-order valence-electron chi connectivity index (χ3n) is 2.50. The fourth-order valence-corrected chi connectivity index (χ4v) is 1.60. The summed E-state index contributed by atoms with van der Waals surface area (Å²) in [4.78, 5) is 54.0. The van der Waals surface area contributed by atoms with Gasteiger partial charge in [0, 0.05) is 22.3 Å². The first-order chi connectivity index (χ1) is 10.4. The minimum absolute atomic E-state index is 0.000325. The highest BCUT2D eigenvalue weighted by Crippen LogP contribution is 2.00. The summed E-state index contributed by atoms with van der Waals surface area (Å²) >= 11 is 3.93. The fraction of sp³-hybridized carbons (Fsp3) is 0.600. The molecule has 2 atom stereocenters. The van der Waals surface area contributed by atoms with Crippen LogP contribution in [0.3, 0.4) is 0 Å². The number of nitrogens with one attached hydrogen (secondary N) is 2. The highest BCUT2D eigenvalue weighted by atomic mass is 32.1. The van der Waals surface area contributed by atoms with Gasteiger partial charge in [-0.05, 0) is 6.42 Å². The van der Waals surface area contributed by atoms with Crippen molar-refractivity contribution in [3.8, 4) is 0 Å². The summed E-state index contributed by atoms with van der Waals surface area (Å²) in [6.07, 6.45) is -0.196. The first-order valence-corrected chi connectivity index (χ1v) is 6.75. The molecule has 1 fully saturated rings. The average molecular weight is 337 g/mol. The lowest BCUT2D eigenvalue weighted by atomic mass is 10.1. The topological polar surface area (TPSA) is 155 Å². The van der Waals surface area contributed by atoms with Gasteiger partial charge in [-0.3, -0.25) is 19.4 Å². The van der Waals surface area contributed by atoms with Crippen LogP contribution in [0.25, 0.3) is 0 Å². The van der Waals surface area contributed by atoms with Gasteiger partial charge in [0.2, 0.25) is 11.8 Å². The highest BCUT2D eigenvalue weighted by Gasteiger charge is 2.23. The number of carbonyl (C=O) groups excluding carboxylic acids is 4. The molecule has 0 radical (unpaired) electrons. The summed E-state index contributed by atoms with van der Waals surface area (Å²) in [5.74, 6) is -3.23. The first-order valence-electron chi connectivity index (χ1n) is 6.12. The van der Waals surface area contributed by atoms with Gasteiger partial charge in [0.1, 0.15) is 18.6 Å². The second-order valence-corrected chi connectivity index (χ2v) is 4.52. The van der Waals surface area contributed by atoms with Crippen LogP contribution in [-0.4, -0.2) is 48.1 Å². The summed E-state index contributed by atoms with van der Waals surface area (Å²) < 4.78 is 0. The Morgan fingerprint density at radius 3 is 2.55 bits per heavy atom. The Morgan fingerprint density at radius 1 is 1.18 bits per heavy atom. The van der Waals surface area contributed by atoms with Crippen LogP contribution in [0.5, 0.6) is 0 Å². The van der Waals surface area contributed by atoms with E-state index in [0.29, 0.717) is 0 Å². The van der Waals surface area contributed by atoms with Gasteiger partial charge in [-0.25, -0.2) is 9.59 Å². The molecule has 0 aliphatic carbocycles. The molecule has 2 unspecified atom stereocenters. The molecule has 0 aromatic heterocycles. The fourth-order valence-electron chi connectivity index (χ4n) is 1.34. The molecule has 0 aromatic carbocycles. The zero-order valence-corrected chi connectivity index (χ0v) is 12.2. The smallest absolute Gasteiger partial charge is 0.344 e. The van der Waals surface area contributed by atoms with Crippen molar-refractivity contribution in [1.29, 1.82) is 0 Å². The molecule has 1 rings (SSSR count). The lowest BCUT2D eigenvalue weighted by Crippen LogP contribution is -2.49. The summed E-state index contributed by atoms with van der Waals surface area (Å²) in [7, 11) is 0. The van der Waals surface area contributed by atoms with E-state index in [2.05, 4.69) is 43.1 Å². The number of amides is 2. The van der Waals surface area contributed by atoms with Crippen molar-refractivity contribution < 1.29 is 39.0 Å². The Labute approximate surface area is 130 Å². The monoisotopic (exact) mass is 337 g/mol. The zero-order chi connectivity index (χ0) is 16.5. The van der Waals surface area contributed by atoms with Crippen LogP contribution in [0.2, 0.25) is 0 Å². The van der Waals surface area contributed by atoms with Gasteiger partial charge in [0.25, 0.3) is 0 Å². The molecule has 1 aliphatic rings. The molecule has 2 amide bonds. The van der Waals surface area contributed by atoms with E-state index in [1.165, 1.54) is 0 Å². The van der Waals surface area contributed by atoms with E-state index in [0.717, 1.165) is 0 Å². The van der Waals surface area contributed by atoms with Crippen LogP contribution in [0.15, 0.2) is 0 Å². The maximum Gasteiger partial charge on any atom is 0.364 e. The van der Waals surface area contributed by atoms with Crippen LogP contribution in [-0.2, 0) is 39.0 Å². The van der Waals surface area contributed by atoms with Crippen LogP contribution in [0.1, 0.15) is 12.8 Å². The molecule has 1 saturated heterocycles. The zero-order valence-electron chi connectivity index (χ0n) is 11.3. The minimum Gasteiger partial charge on any atom is -0.344 e. The van der Waals surface area contributed by atoms with E-state index in [1.807, 2.05) is 0 Å². The number of nitrogens with two attached hydrogens (primary N) is 1. The number of hydrogen-bond acceptors (Lipinski definition) is 10. The largest absolute Gasteiger partial charge is 0.364 e. The number of rotatable bonds is 1. The van der Waals surface area contributed by atoms with Crippen LogP contribution in [0.4, 0.5) is 0 Å². The standard InChI is InChI=1S/C10H15N3O8S/c11-5-1-2-7(14)13-6(4-22)9(16)12-3-8(15)18-20-21-19-10(5)17/h5-6,22H,1-4,11H2,(H,12,16)(H,13,14). The van der Waals surface area contributed by atoms with Crippen LogP contribution < -0.4 is 16.4 Å². The van der Waals surface area contributed by atoms with E-state index in [4.69, 9.17) is 5.73 Å². The van der Waals surface area contributed by atoms with E-state index in [1.54, 1.807) is 0 Å². The Hall–Kier alpha value is -1.89. The molecule has 1 heterocycles. The molecule has 0 aromatic rings. The molecule has 0 bridgehead atoms. The maximum atomic E-state index is 11.7. The second-order valence-electron chi connectivity index (χ2n) is 4.16. The van der Waals surface area contributed by atoms with E-state index in [-0.39, 0.29) is 18.6 Å². The minimum atomic E-state index is -1.17. The molecule has 12 heteroatoms. The second kappa shape index (κ2) is 9.19. The van der Waals surface area contributed by atoms with Crippen molar-refractivity contribution >= 4 is 36.4 Å². The Balaban J connectivity index is 2.70. The maximum absolute atomic E-state index is 11.7. The predicted molar refractivity (Wildman–Crippen MR) is 70.4 cm³/mol. The van der Waals surface area contributed by atoms with Gasteiger partial charge in [-0.2, -0.15) is 12.6 Å². The highest BCUT2D eigenvalue weighted by molar-refractivity contribution is 7.80. The van der Waals surface area contributed by atoms with Crippen molar-refractivity contribution in [2.75, 3.05) is 12.3 Å². The predicted octanol–water partition coefficient (Wildman–Crippen LogP) is -2.50. The van der Waals surface area contributed by atoms with Crippen molar-refractivity contribution in [3.05, 3.63) is 0 Å². The van der Waals surface area contributed by atoms with Gasteiger partial charge in [-0.15, -0.1) is 0 Å². The van der Waals surface area contributed by atoms with Crippen molar-refractivity contribution in [1.82, 2.24) is 10.6 Å². The Bertz CT molecular complexity index is 446. The quantitative estimate of drug-likeness (QED) is 0.300. The van der Waals surface area contributed by atoms with E-state index in [9.17, 15) is 19.2 Å². The third-order valence-corrected chi connectivity index (χ3v) is 2.86. The van der Waals surface area contributed by atoms with Crippen molar-refractivity contribution in [2.24, 2.45) is 5.73 Å². The molecule has 0 spiro atoms. The lowest BCUT2D eigenvalue weighted by Gasteiger charge is -2.16. The summed E-state index contributed by atoms with van der Waals surface area (Å²) in [5, 5.41) is 12.3. The van der Waals surface area contributed by atoms with Gasteiger partial charge < -0.3 is 16.4 Å². The Morgan fingerprint density at radius 2 is 1.86 bits per heavy atom. The molecular formula is C10H15N3O8S. The SMILES string of the molecule is NC1CCC(=O)NC(CS)C(=O)NCC(=O)OOOOC1=O.